The average Bonchev–Trinajstić information content (AvgIpc) is 3.10. The van der Waals surface area contributed by atoms with Gasteiger partial charge >= 0.3 is 0 Å². The molecule has 3 aliphatic rings. The van der Waals surface area contributed by atoms with Gasteiger partial charge in [-0.2, -0.15) is 10.1 Å². The lowest BCUT2D eigenvalue weighted by Gasteiger charge is -2.53. The number of fused-ring (bicyclic) bond motifs is 4. The van der Waals surface area contributed by atoms with Crippen molar-refractivity contribution in [2.75, 3.05) is 29.5 Å². The molecule has 3 aromatic carbocycles. The van der Waals surface area contributed by atoms with Gasteiger partial charge in [-0.25, -0.2) is 0 Å². The van der Waals surface area contributed by atoms with Gasteiger partial charge in [0.1, 0.15) is 5.41 Å². The molecule has 0 aliphatic carbocycles. The number of piperazine rings is 1. The van der Waals surface area contributed by atoms with Crippen molar-refractivity contribution >= 4 is 50.5 Å². The molecule has 6 rings (SSSR count). The van der Waals surface area contributed by atoms with Gasteiger partial charge in [0.25, 0.3) is 5.91 Å². The number of hydrazone groups is 1. The summed E-state index contributed by atoms with van der Waals surface area (Å²) < 4.78 is 1.03. The molecular formula is C28H26BrClN4O. The Hall–Kier alpha value is -2.67. The summed E-state index contributed by atoms with van der Waals surface area (Å²) >= 11 is 9.76. The van der Waals surface area contributed by atoms with E-state index in [4.69, 9.17) is 16.7 Å². The summed E-state index contributed by atoms with van der Waals surface area (Å²) in [6, 6.07) is 24.4. The Morgan fingerprint density at radius 2 is 1.83 bits per heavy atom. The molecule has 1 spiro atoms. The Kier molecular flexibility index (Phi) is 5.71. The molecule has 178 valence electrons. The molecule has 1 fully saturated rings. The van der Waals surface area contributed by atoms with Crippen LogP contribution in [-0.2, 0) is 17.8 Å². The van der Waals surface area contributed by atoms with Crippen LogP contribution in [0.2, 0.25) is 5.02 Å². The van der Waals surface area contributed by atoms with Crippen LogP contribution in [-0.4, -0.2) is 42.2 Å². The van der Waals surface area contributed by atoms with Crippen LogP contribution in [0.5, 0.6) is 0 Å². The highest BCUT2D eigenvalue weighted by atomic mass is 79.9. The number of benzene rings is 3. The monoisotopic (exact) mass is 548 g/mol. The third-order valence-corrected chi connectivity index (χ3v) is 8.39. The fourth-order valence-corrected chi connectivity index (χ4v) is 6.44. The highest BCUT2D eigenvalue weighted by molar-refractivity contribution is 9.10. The molecule has 35 heavy (non-hydrogen) atoms. The zero-order chi connectivity index (χ0) is 24.2. The summed E-state index contributed by atoms with van der Waals surface area (Å²) in [6.07, 6.45) is 0.639. The van der Waals surface area contributed by atoms with Gasteiger partial charge in [-0.05, 0) is 66.9 Å². The maximum atomic E-state index is 14.3. The van der Waals surface area contributed by atoms with Crippen LogP contribution in [0.1, 0.15) is 18.1 Å². The fourth-order valence-electron chi connectivity index (χ4n) is 5.90. The van der Waals surface area contributed by atoms with E-state index in [1.165, 1.54) is 16.8 Å². The smallest absolute Gasteiger partial charge is 0.261 e. The number of nitrogens with zero attached hydrogens (tertiary/aromatic N) is 4. The van der Waals surface area contributed by atoms with Crippen LogP contribution in [0.4, 0.5) is 11.4 Å². The van der Waals surface area contributed by atoms with Gasteiger partial charge in [0, 0.05) is 41.4 Å². The first-order valence-corrected chi connectivity index (χ1v) is 13.1. The molecular weight excluding hydrogens is 524 g/mol. The van der Waals surface area contributed by atoms with Gasteiger partial charge in [0.2, 0.25) is 0 Å². The maximum Gasteiger partial charge on any atom is 0.261 e. The SMILES string of the molecule is CC1=NN(c2ccc(Cl)cc2)C(=O)[C@]12Cc1cc(Br)ccc1N1CCN(Cc3ccccc3)C[C@@H]12. The first-order chi connectivity index (χ1) is 17.0. The fraction of sp³-hybridized carbons (Fsp3) is 0.286. The first-order valence-electron chi connectivity index (χ1n) is 11.9. The second-order valence-electron chi connectivity index (χ2n) is 9.63. The van der Waals surface area contributed by atoms with Crippen molar-refractivity contribution in [2.45, 2.75) is 25.9 Å². The van der Waals surface area contributed by atoms with E-state index in [2.05, 4.69) is 74.3 Å². The van der Waals surface area contributed by atoms with Crippen LogP contribution < -0.4 is 9.91 Å². The normalized spacial score (nSPS) is 23.9. The maximum absolute atomic E-state index is 14.3. The van der Waals surface area contributed by atoms with E-state index < -0.39 is 5.41 Å². The Balaban J connectivity index is 1.41. The van der Waals surface area contributed by atoms with E-state index in [0.29, 0.717) is 11.4 Å². The van der Waals surface area contributed by atoms with E-state index in [-0.39, 0.29) is 11.9 Å². The van der Waals surface area contributed by atoms with E-state index in [0.717, 1.165) is 42.1 Å². The van der Waals surface area contributed by atoms with E-state index in [1.54, 1.807) is 5.01 Å². The Bertz CT molecular complexity index is 1310. The standard InChI is InChI=1S/C28H26BrClN4O/c1-19-28(27(35)34(31-19)24-10-8-23(30)9-11-24)16-21-15-22(29)7-12-25(21)33-14-13-32(18-26(28)33)17-20-5-3-2-4-6-20/h2-12,15,26H,13-14,16-18H2,1H3/t26-,28-/m1/s1. The van der Waals surface area contributed by atoms with Crippen LogP contribution in [0.15, 0.2) is 82.4 Å². The van der Waals surface area contributed by atoms with Gasteiger partial charge in [0.05, 0.1) is 17.4 Å². The zero-order valence-electron chi connectivity index (χ0n) is 19.5. The number of halogens is 2. The Morgan fingerprint density at radius 3 is 2.60 bits per heavy atom. The summed E-state index contributed by atoms with van der Waals surface area (Å²) in [6.45, 7) is 5.51. The molecule has 0 saturated carbocycles. The molecule has 0 N–H and O–H groups in total. The minimum atomic E-state index is -0.719. The average molecular weight is 550 g/mol. The number of amides is 1. The third kappa shape index (κ3) is 3.79. The minimum absolute atomic E-state index is 0.00203. The first kappa shape index (κ1) is 22.8. The van der Waals surface area contributed by atoms with Crippen LogP contribution in [0, 0.1) is 5.41 Å². The van der Waals surface area contributed by atoms with Crippen LogP contribution >= 0.6 is 27.5 Å². The van der Waals surface area contributed by atoms with E-state index >= 15 is 0 Å². The predicted octanol–water partition coefficient (Wildman–Crippen LogP) is 5.76. The minimum Gasteiger partial charge on any atom is -0.364 e. The summed E-state index contributed by atoms with van der Waals surface area (Å²) in [5.41, 5.74) is 4.62. The molecule has 1 saturated heterocycles. The van der Waals surface area contributed by atoms with Gasteiger partial charge < -0.3 is 4.90 Å². The number of carbonyl (C=O) groups excluding carboxylic acids is 1. The lowest BCUT2D eigenvalue weighted by Crippen LogP contribution is -2.66. The van der Waals surface area contributed by atoms with Crippen molar-refractivity contribution in [3.8, 4) is 0 Å². The van der Waals surface area contributed by atoms with Gasteiger partial charge in [-0.15, -0.1) is 0 Å². The lowest BCUT2D eigenvalue weighted by molar-refractivity contribution is -0.125. The Morgan fingerprint density at radius 1 is 1.06 bits per heavy atom. The van der Waals surface area contributed by atoms with Crippen molar-refractivity contribution in [1.29, 1.82) is 0 Å². The van der Waals surface area contributed by atoms with Crippen molar-refractivity contribution < 1.29 is 4.79 Å². The molecule has 0 unspecified atom stereocenters. The topological polar surface area (TPSA) is 39.2 Å². The highest BCUT2D eigenvalue weighted by Crippen LogP contribution is 2.48. The number of hydrogen-bond donors (Lipinski definition) is 0. The lowest BCUT2D eigenvalue weighted by atomic mass is 9.67. The quantitative estimate of drug-likeness (QED) is 0.417. The van der Waals surface area contributed by atoms with Crippen LogP contribution in [0.25, 0.3) is 0 Å². The molecule has 3 heterocycles. The zero-order valence-corrected chi connectivity index (χ0v) is 21.8. The van der Waals surface area contributed by atoms with Crippen LogP contribution in [0.3, 0.4) is 0 Å². The van der Waals surface area contributed by atoms with E-state index in [1.807, 2.05) is 31.2 Å². The number of rotatable bonds is 3. The highest BCUT2D eigenvalue weighted by Gasteiger charge is 2.59. The number of carbonyl (C=O) groups is 1. The molecule has 5 nitrogen and oxygen atoms in total. The number of hydrogen-bond acceptors (Lipinski definition) is 4. The molecule has 2 atom stereocenters. The molecule has 1 amide bonds. The molecule has 0 aromatic heterocycles. The van der Waals surface area contributed by atoms with Crippen molar-refractivity contribution in [2.24, 2.45) is 10.5 Å². The van der Waals surface area contributed by atoms with E-state index in [9.17, 15) is 4.79 Å². The second-order valence-corrected chi connectivity index (χ2v) is 11.0. The summed E-state index contributed by atoms with van der Waals surface area (Å²) in [7, 11) is 0. The largest absolute Gasteiger partial charge is 0.364 e. The van der Waals surface area contributed by atoms with Crippen molar-refractivity contribution in [3.63, 3.8) is 0 Å². The third-order valence-electron chi connectivity index (χ3n) is 7.64. The molecule has 7 heteroatoms. The number of anilines is 2. The summed E-state index contributed by atoms with van der Waals surface area (Å²) in [5.74, 6) is 0.0412. The molecule has 3 aliphatic heterocycles. The molecule has 3 aromatic rings. The molecule has 0 radical (unpaired) electrons. The van der Waals surface area contributed by atoms with Gasteiger partial charge in [-0.3, -0.25) is 9.69 Å². The van der Waals surface area contributed by atoms with Crippen molar-refractivity contribution in [1.82, 2.24) is 4.90 Å². The summed E-state index contributed by atoms with van der Waals surface area (Å²) in [4.78, 5) is 19.2. The van der Waals surface area contributed by atoms with Gasteiger partial charge in [-0.1, -0.05) is 57.9 Å². The summed E-state index contributed by atoms with van der Waals surface area (Å²) in [5, 5.41) is 7.07. The Labute approximate surface area is 219 Å². The molecule has 0 bridgehead atoms. The second kappa shape index (κ2) is 8.77. The predicted molar refractivity (Wildman–Crippen MR) is 145 cm³/mol. The van der Waals surface area contributed by atoms with Crippen molar-refractivity contribution in [3.05, 3.63) is 93.4 Å². The van der Waals surface area contributed by atoms with Gasteiger partial charge in [0.15, 0.2) is 0 Å².